The van der Waals surface area contributed by atoms with Crippen LogP contribution in [0.5, 0.6) is 11.5 Å². The topological polar surface area (TPSA) is 72.4 Å². The molecule has 1 N–H and O–H groups in total. The minimum Gasteiger partial charge on any atom is -0.395 e. The van der Waals surface area contributed by atoms with E-state index in [0.29, 0.717) is 17.0 Å². The summed E-state index contributed by atoms with van der Waals surface area (Å²) in [5.41, 5.74) is 1.64. The maximum absolute atomic E-state index is 12.9. The number of nitrogens with zero attached hydrogens (tertiary/aromatic N) is 3. The van der Waals surface area contributed by atoms with Crippen molar-refractivity contribution in [3.8, 4) is 22.8 Å². The van der Waals surface area contributed by atoms with Crippen molar-refractivity contribution < 1.29 is 18.3 Å². The van der Waals surface area contributed by atoms with Gasteiger partial charge in [0.2, 0.25) is 0 Å². The molecule has 0 saturated heterocycles. The summed E-state index contributed by atoms with van der Waals surface area (Å²) in [6, 6.07) is 4.41. The fourth-order valence-corrected chi connectivity index (χ4v) is 1.76. The second-order valence-electron chi connectivity index (χ2n) is 3.79. The van der Waals surface area contributed by atoms with Crippen LogP contribution in [0.1, 0.15) is 5.69 Å². The highest BCUT2D eigenvalue weighted by Gasteiger charge is 2.43. The molecule has 8 heteroatoms. The molecule has 0 bridgehead atoms. The third-order valence-corrected chi connectivity index (χ3v) is 2.51. The standard InChI is InChI=1S/C11H8F2N4O2/c1-14-5-7-10(16-17-15-7)6-2-3-8-9(4-6)19-11(12,13)18-8/h2-5H,1H3,(H,15,16,17)/b14-5+. The van der Waals surface area contributed by atoms with E-state index >= 15 is 0 Å². The van der Waals surface area contributed by atoms with Gasteiger partial charge in [-0.1, -0.05) is 5.21 Å². The molecule has 0 fully saturated rings. The van der Waals surface area contributed by atoms with Crippen LogP contribution in [0.4, 0.5) is 8.78 Å². The average molecular weight is 266 g/mol. The number of H-pyrrole nitrogens is 1. The van der Waals surface area contributed by atoms with Crippen LogP contribution in [0.2, 0.25) is 0 Å². The van der Waals surface area contributed by atoms with Gasteiger partial charge in [0, 0.05) is 18.8 Å². The maximum atomic E-state index is 12.9. The lowest BCUT2D eigenvalue weighted by Gasteiger charge is -2.04. The molecule has 2 heterocycles. The highest BCUT2D eigenvalue weighted by atomic mass is 19.3. The van der Waals surface area contributed by atoms with Crippen LogP contribution in [-0.4, -0.2) is 35.0 Å². The summed E-state index contributed by atoms with van der Waals surface area (Å²) in [4.78, 5) is 3.85. The van der Waals surface area contributed by atoms with Gasteiger partial charge in [0.15, 0.2) is 11.5 Å². The van der Waals surface area contributed by atoms with Gasteiger partial charge in [-0.3, -0.25) is 10.1 Å². The molecule has 0 amide bonds. The molecule has 1 aromatic heterocycles. The summed E-state index contributed by atoms with van der Waals surface area (Å²) in [6.07, 6.45) is -2.09. The molecule has 3 rings (SSSR count). The molecule has 1 aromatic carbocycles. The Bertz CT molecular complexity index is 654. The molecule has 6 nitrogen and oxygen atoms in total. The van der Waals surface area contributed by atoms with Crippen LogP contribution in [0, 0.1) is 0 Å². The Morgan fingerprint density at radius 3 is 2.89 bits per heavy atom. The van der Waals surface area contributed by atoms with Crippen molar-refractivity contribution in [1.82, 2.24) is 15.4 Å². The van der Waals surface area contributed by atoms with Crippen molar-refractivity contribution in [3.05, 3.63) is 23.9 Å². The predicted octanol–water partition coefficient (Wildman–Crippen LogP) is 1.84. The highest BCUT2D eigenvalue weighted by molar-refractivity contribution is 5.86. The molecule has 98 valence electrons. The Balaban J connectivity index is 2.02. The average Bonchev–Trinajstić information content (AvgIpc) is 2.90. The zero-order chi connectivity index (χ0) is 13.5. The molecular weight excluding hydrogens is 258 g/mol. The lowest BCUT2D eigenvalue weighted by atomic mass is 10.1. The number of hydrogen-bond donors (Lipinski definition) is 1. The van der Waals surface area contributed by atoms with Crippen molar-refractivity contribution in [2.45, 2.75) is 6.29 Å². The number of aromatic amines is 1. The van der Waals surface area contributed by atoms with Gasteiger partial charge in [-0.05, 0) is 18.2 Å². The van der Waals surface area contributed by atoms with Crippen molar-refractivity contribution in [1.29, 1.82) is 0 Å². The summed E-state index contributed by atoms with van der Waals surface area (Å²) in [6.45, 7) is 0. The van der Waals surface area contributed by atoms with E-state index < -0.39 is 6.29 Å². The van der Waals surface area contributed by atoms with E-state index in [1.165, 1.54) is 18.3 Å². The van der Waals surface area contributed by atoms with Gasteiger partial charge < -0.3 is 9.47 Å². The van der Waals surface area contributed by atoms with Gasteiger partial charge in [0.25, 0.3) is 0 Å². The maximum Gasteiger partial charge on any atom is 0.586 e. The van der Waals surface area contributed by atoms with Crippen LogP contribution in [0.3, 0.4) is 0 Å². The lowest BCUT2D eigenvalue weighted by molar-refractivity contribution is -0.286. The second kappa shape index (κ2) is 4.01. The number of ether oxygens (including phenoxy) is 2. The molecule has 0 aliphatic carbocycles. The number of rotatable bonds is 2. The Morgan fingerprint density at radius 2 is 2.11 bits per heavy atom. The Kier molecular flexibility index (Phi) is 2.44. The van der Waals surface area contributed by atoms with Crippen LogP contribution < -0.4 is 9.47 Å². The molecule has 0 saturated carbocycles. The Hall–Kier alpha value is -2.51. The third kappa shape index (κ3) is 2.01. The van der Waals surface area contributed by atoms with Crippen LogP contribution in [0.15, 0.2) is 23.2 Å². The number of halogens is 2. The van der Waals surface area contributed by atoms with Gasteiger partial charge in [-0.15, -0.1) is 13.9 Å². The fraction of sp³-hybridized carbons (Fsp3) is 0.182. The van der Waals surface area contributed by atoms with Gasteiger partial charge in [0.1, 0.15) is 11.4 Å². The van der Waals surface area contributed by atoms with E-state index in [0.717, 1.165) is 0 Å². The molecule has 1 aliphatic rings. The quantitative estimate of drug-likeness (QED) is 0.842. The third-order valence-electron chi connectivity index (χ3n) is 2.51. The number of aliphatic imine (C=N–C) groups is 1. The van der Waals surface area contributed by atoms with Gasteiger partial charge in [0.05, 0.1) is 0 Å². The van der Waals surface area contributed by atoms with Crippen LogP contribution in [0.25, 0.3) is 11.3 Å². The smallest absolute Gasteiger partial charge is 0.395 e. The summed E-state index contributed by atoms with van der Waals surface area (Å²) in [5, 5.41) is 10.2. The van der Waals surface area contributed by atoms with Crippen molar-refractivity contribution in [2.24, 2.45) is 4.99 Å². The summed E-state index contributed by atoms with van der Waals surface area (Å²) in [7, 11) is 1.60. The molecule has 0 spiro atoms. The van der Waals surface area contributed by atoms with E-state index in [-0.39, 0.29) is 11.5 Å². The number of fused-ring (bicyclic) bond motifs is 1. The summed E-state index contributed by atoms with van der Waals surface area (Å²) in [5.74, 6) is -0.0483. The van der Waals surface area contributed by atoms with Crippen molar-refractivity contribution >= 4 is 6.21 Å². The molecule has 0 radical (unpaired) electrons. The van der Waals surface area contributed by atoms with E-state index in [9.17, 15) is 8.78 Å². The number of alkyl halides is 2. The second-order valence-corrected chi connectivity index (χ2v) is 3.79. The number of benzene rings is 1. The first-order valence-electron chi connectivity index (χ1n) is 5.32. The number of aromatic nitrogens is 3. The Morgan fingerprint density at radius 1 is 1.32 bits per heavy atom. The largest absolute Gasteiger partial charge is 0.586 e. The van der Waals surface area contributed by atoms with Crippen molar-refractivity contribution in [3.63, 3.8) is 0 Å². The van der Waals surface area contributed by atoms with E-state index in [1.54, 1.807) is 13.1 Å². The van der Waals surface area contributed by atoms with Gasteiger partial charge >= 0.3 is 6.29 Å². The molecule has 0 atom stereocenters. The molecular formula is C11H8F2N4O2. The first kappa shape index (κ1) is 11.6. The molecule has 0 unspecified atom stereocenters. The van der Waals surface area contributed by atoms with Gasteiger partial charge in [-0.25, -0.2) is 0 Å². The first-order valence-corrected chi connectivity index (χ1v) is 5.32. The SMILES string of the molecule is C/N=C/c1[nH]nnc1-c1ccc2c(c1)OC(F)(F)O2. The minimum absolute atomic E-state index is 0.0112. The minimum atomic E-state index is -3.63. The van der Waals surface area contributed by atoms with Crippen molar-refractivity contribution in [2.75, 3.05) is 7.05 Å². The zero-order valence-electron chi connectivity index (χ0n) is 9.72. The normalized spacial score (nSPS) is 16.2. The fourth-order valence-electron chi connectivity index (χ4n) is 1.76. The number of hydrogen-bond acceptors (Lipinski definition) is 5. The van der Waals surface area contributed by atoms with E-state index in [4.69, 9.17) is 0 Å². The zero-order valence-corrected chi connectivity index (χ0v) is 9.72. The molecule has 1 aliphatic heterocycles. The lowest BCUT2D eigenvalue weighted by Crippen LogP contribution is -2.25. The van der Waals surface area contributed by atoms with Crippen LogP contribution in [-0.2, 0) is 0 Å². The highest BCUT2D eigenvalue weighted by Crippen LogP contribution is 2.42. The Labute approximate surface area is 106 Å². The first-order chi connectivity index (χ1) is 9.09. The summed E-state index contributed by atoms with van der Waals surface area (Å²) >= 11 is 0. The van der Waals surface area contributed by atoms with Gasteiger partial charge in [-0.2, -0.15) is 0 Å². The summed E-state index contributed by atoms with van der Waals surface area (Å²) < 4.78 is 34.5. The van der Waals surface area contributed by atoms with E-state index in [2.05, 4.69) is 29.9 Å². The molecule has 19 heavy (non-hydrogen) atoms. The van der Waals surface area contributed by atoms with Crippen LogP contribution >= 0.6 is 0 Å². The van der Waals surface area contributed by atoms with E-state index in [1.807, 2.05) is 0 Å². The number of nitrogens with one attached hydrogen (secondary N) is 1. The predicted molar refractivity (Wildman–Crippen MR) is 61.5 cm³/mol. The monoisotopic (exact) mass is 266 g/mol. The molecule has 2 aromatic rings.